The van der Waals surface area contributed by atoms with E-state index in [0.717, 1.165) is 19.4 Å². The van der Waals surface area contributed by atoms with E-state index >= 15 is 4.39 Å². The molecule has 0 radical (unpaired) electrons. The molecule has 3 aliphatic heterocycles. The molecule has 11 nitrogen and oxygen atoms in total. The lowest BCUT2D eigenvalue weighted by Gasteiger charge is -2.32. The first-order chi connectivity index (χ1) is 23.6. The molecule has 0 aromatic carbocycles. The lowest BCUT2D eigenvalue weighted by molar-refractivity contribution is -0.137. The van der Waals surface area contributed by atoms with Crippen LogP contribution >= 0.6 is 0 Å². The second-order valence-electron chi connectivity index (χ2n) is 13.8. The molecule has 3 atom stereocenters. The molecular formula is C33H33F6N9O2. The smallest absolute Gasteiger partial charge is 0.418 e. The summed E-state index contributed by atoms with van der Waals surface area (Å²) in [4.78, 5) is 25.1. The van der Waals surface area contributed by atoms with Crippen molar-refractivity contribution in [2.75, 3.05) is 49.2 Å². The Morgan fingerprint density at radius 2 is 1.88 bits per heavy atom. The van der Waals surface area contributed by atoms with E-state index in [4.69, 9.17) is 25.9 Å². The summed E-state index contributed by atoms with van der Waals surface area (Å²) >= 11 is 0. The number of fused-ring (bicyclic) bond motifs is 1. The zero-order chi connectivity index (χ0) is 35.4. The normalized spacial score (nSPS) is 24.7. The molecule has 1 spiro atoms. The van der Waals surface area contributed by atoms with Crippen molar-refractivity contribution >= 4 is 28.4 Å². The van der Waals surface area contributed by atoms with Crippen LogP contribution in [0.5, 0.6) is 11.9 Å². The van der Waals surface area contributed by atoms with Gasteiger partial charge in [0.05, 0.1) is 34.8 Å². The molecule has 264 valence electrons. The molecule has 4 aromatic heterocycles. The van der Waals surface area contributed by atoms with E-state index in [0.29, 0.717) is 18.5 Å². The largest absolute Gasteiger partial charge is 0.475 e. The minimum atomic E-state index is -4.93. The minimum absolute atomic E-state index is 0.0100. The SMILES string of the molecule is Cc1nc(N)cc(-c2nc3c4c(nc(OC[C@@]56CCCN5C[C@]5(CC5(F)F)C6)nc4c2F)N([C@H](C)c2cccnc2N)CCO3)c1C(F)(F)F. The topological polar surface area (TPSA) is 141 Å². The summed E-state index contributed by atoms with van der Waals surface area (Å²) in [5.74, 6) is -4.00. The summed E-state index contributed by atoms with van der Waals surface area (Å²) in [5, 5.41) is 0.0100. The van der Waals surface area contributed by atoms with Gasteiger partial charge in [0.1, 0.15) is 47.3 Å². The van der Waals surface area contributed by atoms with Crippen molar-refractivity contribution in [3.8, 4) is 23.1 Å². The van der Waals surface area contributed by atoms with Gasteiger partial charge in [-0.1, -0.05) is 6.07 Å². The summed E-state index contributed by atoms with van der Waals surface area (Å²) in [6.45, 7) is 3.99. The van der Waals surface area contributed by atoms with Gasteiger partial charge in [0, 0.05) is 30.3 Å². The number of aryl methyl sites for hydroxylation is 1. The number of anilines is 3. The van der Waals surface area contributed by atoms with Crippen LogP contribution in [0.2, 0.25) is 0 Å². The molecule has 17 heteroatoms. The summed E-state index contributed by atoms with van der Waals surface area (Å²) in [6.07, 6.45) is -1.91. The number of alkyl halides is 5. The van der Waals surface area contributed by atoms with Crippen LogP contribution in [0.15, 0.2) is 24.4 Å². The molecule has 1 saturated carbocycles. The fourth-order valence-electron chi connectivity index (χ4n) is 8.22. The number of rotatable bonds is 6. The van der Waals surface area contributed by atoms with Crippen LogP contribution in [0.4, 0.5) is 43.8 Å². The Balaban J connectivity index is 1.29. The zero-order valence-corrected chi connectivity index (χ0v) is 27.1. The van der Waals surface area contributed by atoms with Crippen molar-refractivity contribution in [2.45, 2.75) is 63.2 Å². The summed E-state index contributed by atoms with van der Waals surface area (Å²) in [6, 6.07) is 3.63. The van der Waals surface area contributed by atoms with E-state index in [9.17, 15) is 22.0 Å². The zero-order valence-electron chi connectivity index (χ0n) is 27.1. The molecule has 8 rings (SSSR count). The van der Waals surface area contributed by atoms with Gasteiger partial charge in [0.2, 0.25) is 5.88 Å². The van der Waals surface area contributed by atoms with Crippen molar-refractivity contribution in [1.29, 1.82) is 0 Å². The molecule has 4 aromatic rings. The third-order valence-corrected chi connectivity index (χ3v) is 10.7. The van der Waals surface area contributed by atoms with E-state index in [1.165, 1.54) is 0 Å². The highest BCUT2D eigenvalue weighted by molar-refractivity contribution is 5.97. The number of hydrogen-bond donors (Lipinski definition) is 2. The molecule has 0 amide bonds. The molecule has 4 N–H and O–H groups in total. The Labute approximate surface area is 282 Å². The summed E-state index contributed by atoms with van der Waals surface area (Å²) in [7, 11) is 0. The summed E-state index contributed by atoms with van der Waals surface area (Å²) in [5.41, 5.74) is 7.52. The van der Waals surface area contributed by atoms with Crippen molar-refractivity contribution < 1.29 is 35.8 Å². The van der Waals surface area contributed by atoms with Crippen molar-refractivity contribution in [3.05, 3.63) is 47.0 Å². The van der Waals surface area contributed by atoms with Crippen LogP contribution in [0.1, 0.15) is 55.5 Å². The highest BCUT2D eigenvalue weighted by atomic mass is 19.4. The Bertz CT molecular complexity index is 2050. The molecule has 0 bridgehead atoms. The number of halogens is 6. The lowest BCUT2D eigenvalue weighted by atomic mass is 9.89. The molecule has 3 fully saturated rings. The van der Waals surface area contributed by atoms with Crippen molar-refractivity contribution in [1.82, 2.24) is 29.8 Å². The summed E-state index contributed by atoms with van der Waals surface area (Å²) < 4.78 is 101. The molecular weight excluding hydrogens is 668 g/mol. The quantitative estimate of drug-likeness (QED) is 0.239. The first-order valence-electron chi connectivity index (χ1n) is 16.2. The van der Waals surface area contributed by atoms with Gasteiger partial charge in [-0.15, -0.1) is 0 Å². The Kier molecular flexibility index (Phi) is 7.10. The predicted molar refractivity (Wildman–Crippen MR) is 170 cm³/mol. The van der Waals surface area contributed by atoms with Gasteiger partial charge in [-0.05, 0) is 51.8 Å². The van der Waals surface area contributed by atoms with Crippen LogP contribution in [-0.4, -0.2) is 74.1 Å². The van der Waals surface area contributed by atoms with Crippen LogP contribution < -0.4 is 25.8 Å². The number of pyridine rings is 3. The number of aromatic nitrogens is 5. The van der Waals surface area contributed by atoms with E-state index in [2.05, 4.69) is 19.9 Å². The molecule has 50 heavy (non-hydrogen) atoms. The van der Waals surface area contributed by atoms with E-state index in [1.807, 2.05) is 11.8 Å². The number of nitrogens with two attached hydrogens (primary N) is 2. The second-order valence-corrected chi connectivity index (χ2v) is 13.8. The van der Waals surface area contributed by atoms with Crippen LogP contribution in [0.25, 0.3) is 22.2 Å². The van der Waals surface area contributed by atoms with E-state index in [1.54, 1.807) is 23.2 Å². The van der Waals surface area contributed by atoms with E-state index < -0.39 is 62.9 Å². The van der Waals surface area contributed by atoms with Gasteiger partial charge in [0.25, 0.3) is 5.92 Å². The van der Waals surface area contributed by atoms with Gasteiger partial charge < -0.3 is 25.8 Å². The first kappa shape index (κ1) is 32.5. The van der Waals surface area contributed by atoms with Gasteiger partial charge in [-0.25, -0.2) is 28.1 Å². The predicted octanol–water partition coefficient (Wildman–Crippen LogP) is 5.72. The minimum Gasteiger partial charge on any atom is -0.475 e. The first-order valence-corrected chi connectivity index (χ1v) is 16.2. The Morgan fingerprint density at radius 1 is 1.10 bits per heavy atom. The van der Waals surface area contributed by atoms with Crippen LogP contribution in [0, 0.1) is 18.2 Å². The Morgan fingerprint density at radius 3 is 2.60 bits per heavy atom. The fraction of sp³-hybridized carbons (Fsp3) is 0.485. The number of nitrogen functional groups attached to an aromatic ring is 2. The molecule has 7 heterocycles. The Hall–Kier alpha value is -4.67. The molecule has 0 unspecified atom stereocenters. The second kappa shape index (κ2) is 10.9. The number of hydrogen-bond acceptors (Lipinski definition) is 11. The number of ether oxygens (including phenoxy) is 2. The maximum atomic E-state index is 16.9. The fourth-order valence-corrected chi connectivity index (χ4v) is 8.22. The third kappa shape index (κ3) is 4.94. The van der Waals surface area contributed by atoms with Gasteiger partial charge >= 0.3 is 12.2 Å². The molecule has 1 aliphatic carbocycles. The van der Waals surface area contributed by atoms with Gasteiger partial charge in [-0.2, -0.15) is 23.1 Å². The van der Waals surface area contributed by atoms with Gasteiger partial charge in [0.15, 0.2) is 5.82 Å². The lowest BCUT2D eigenvalue weighted by Crippen LogP contribution is -2.43. The maximum absolute atomic E-state index is 16.9. The average molecular weight is 702 g/mol. The monoisotopic (exact) mass is 701 g/mol. The van der Waals surface area contributed by atoms with Crippen molar-refractivity contribution in [3.63, 3.8) is 0 Å². The number of nitrogens with zero attached hydrogens (tertiary/aromatic N) is 7. The van der Waals surface area contributed by atoms with Crippen molar-refractivity contribution in [2.24, 2.45) is 5.41 Å². The van der Waals surface area contributed by atoms with Crippen LogP contribution in [-0.2, 0) is 6.18 Å². The molecule has 2 saturated heterocycles. The highest BCUT2D eigenvalue weighted by Gasteiger charge is 2.77. The van der Waals surface area contributed by atoms with Gasteiger partial charge in [-0.3, -0.25) is 4.90 Å². The highest BCUT2D eigenvalue weighted by Crippen LogP contribution is 2.69. The van der Waals surface area contributed by atoms with E-state index in [-0.39, 0.29) is 73.9 Å². The van der Waals surface area contributed by atoms with Crippen LogP contribution in [0.3, 0.4) is 0 Å². The average Bonchev–Trinajstić information content (AvgIpc) is 3.24. The maximum Gasteiger partial charge on any atom is 0.418 e. The standard InChI is InChI=1S/C33H33F6N9O2/c1-16-22(33(37,38)39)19(11-20(40)43-16)24-23(34)25-21-27(48(9-10-49-28(21)44-24)17(2)18-5-3-7-42-26(18)41)46-29(45-25)50-15-31-6-4-8-47(31)14-30(12-31)13-32(30,35)36/h3,5,7,11,17H,4,6,8-10,12-15H2,1-2H3,(H2,40,43)(H2,41,42)/t17-,30-,31+/m1/s1. The third-order valence-electron chi connectivity index (χ3n) is 10.7. The molecule has 4 aliphatic rings.